The maximum absolute atomic E-state index is 13.3. The lowest BCUT2D eigenvalue weighted by molar-refractivity contribution is 0.452. The predicted molar refractivity (Wildman–Crippen MR) is 80.0 cm³/mol. The van der Waals surface area contributed by atoms with E-state index in [2.05, 4.69) is 10.3 Å². The highest BCUT2D eigenvalue weighted by Crippen LogP contribution is 2.26. The van der Waals surface area contributed by atoms with Crippen LogP contribution in [0.4, 0.5) is 4.39 Å². The van der Waals surface area contributed by atoms with Crippen LogP contribution in [0.5, 0.6) is 11.6 Å². The summed E-state index contributed by atoms with van der Waals surface area (Å²) in [4.78, 5) is 4.37. The highest BCUT2D eigenvalue weighted by molar-refractivity contribution is 5.36. The van der Waals surface area contributed by atoms with Gasteiger partial charge < -0.3 is 10.1 Å². The van der Waals surface area contributed by atoms with Gasteiger partial charge in [0.1, 0.15) is 11.6 Å². The Morgan fingerprint density at radius 3 is 2.81 bits per heavy atom. The van der Waals surface area contributed by atoms with Gasteiger partial charge in [-0.05, 0) is 49.9 Å². The Bertz CT molecular complexity index is 653. The van der Waals surface area contributed by atoms with Crippen LogP contribution in [-0.2, 0) is 6.54 Å². The first kappa shape index (κ1) is 14.0. The van der Waals surface area contributed by atoms with Gasteiger partial charge in [0.25, 0.3) is 0 Å². The summed E-state index contributed by atoms with van der Waals surface area (Å²) in [6.45, 7) is 4.64. The number of rotatable bonds is 5. The molecule has 0 radical (unpaired) electrons. The molecule has 1 N–H and O–H groups in total. The lowest BCUT2D eigenvalue weighted by atomic mass is 10.2. The van der Waals surface area contributed by atoms with Crippen LogP contribution in [0.25, 0.3) is 0 Å². The Hall–Kier alpha value is -1.94. The molecule has 110 valence electrons. The van der Waals surface area contributed by atoms with Crippen molar-refractivity contribution in [3.8, 4) is 11.6 Å². The standard InChI is InChI=1S/C17H19FN2O/c1-11-3-4-14(18)9-16(11)21-17-8-13(7-12(2)20-17)10-19-15-5-6-15/h3-4,7-9,15,19H,5-6,10H2,1-2H3. The predicted octanol–water partition coefficient (Wildman–Crippen LogP) is 3.88. The molecule has 2 aromatic rings. The lowest BCUT2D eigenvalue weighted by Crippen LogP contribution is -2.15. The van der Waals surface area contributed by atoms with E-state index in [0.29, 0.717) is 17.7 Å². The third kappa shape index (κ3) is 3.79. The van der Waals surface area contributed by atoms with E-state index in [4.69, 9.17) is 4.74 Å². The molecular formula is C17H19FN2O. The summed E-state index contributed by atoms with van der Waals surface area (Å²) in [5, 5.41) is 3.47. The van der Waals surface area contributed by atoms with E-state index in [1.807, 2.05) is 26.0 Å². The largest absolute Gasteiger partial charge is 0.439 e. The summed E-state index contributed by atoms with van der Waals surface area (Å²) in [5.41, 5.74) is 2.92. The molecule has 0 spiro atoms. The summed E-state index contributed by atoms with van der Waals surface area (Å²) < 4.78 is 19.1. The SMILES string of the molecule is Cc1cc(CNC2CC2)cc(Oc2cc(F)ccc2C)n1. The molecule has 1 fully saturated rings. The number of ether oxygens (including phenoxy) is 1. The Kier molecular flexibility index (Phi) is 3.88. The van der Waals surface area contributed by atoms with Gasteiger partial charge >= 0.3 is 0 Å². The number of nitrogens with one attached hydrogen (secondary N) is 1. The van der Waals surface area contributed by atoms with Gasteiger partial charge in [-0.2, -0.15) is 0 Å². The second-order valence-electron chi connectivity index (χ2n) is 5.62. The summed E-state index contributed by atoms with van der Waals surface area (Å²) in [5.74, 6) is 0.712. The van der Waals surface area contributed by atoms with Crippen LogP contribution in [0.2, 0.25) is 0 Å². The van der Waals surface area contributed by atoms with Crippen molar-refractivity contribution in [2.24, 2.45) is 0 Å². The maximum Gasteiger partial charge on any atom is 0.219 e. The zero-order valence-electron chi connectivity index (χ0n) is 12.3. The molecule has 1 aromatic carbocycles. The molecular weight excluding hydrogens is 267 g/mol. The number of aryl methyl sites for hydroxylation is 2. The highest BCUT2D eigenvalue weighted by Gasteiger charge is 2.20. The topological polar surface area (TPSA) is 34.1 Å². The Morgan fingerprint density at radius 1 is 1.24 bits per heavy atom. The number of aromatic nitrogens is 1. The van der Waals surface area contributed by atoms with Gasteiger partial charge in [0, 0.05) is 30.4 Å². The fourth-order valence-electron chi connectivity index (χ4n) is 2.21. The number of pyridine rings is 1. The zero-order chi connectivity index (χ0) is 14.8. The summed E-state index contributed by atoms with van der Waals surface area (Å²) >= 11 is 0. The van der Waals surface area contributed by atoms with Crippen molar-refractivity contribution in [2.75, 3.05) is 0 Å². The molecule has 21 heavy (non-hydrogen) atoms. The van der Waals surface area contributed by atoms with E-state index in [-0.39, 0.29) is 5.82 Å². The van der Waals surface area contributed by atoms with Gasteiger partial charge in [-0.3, -0.25) is 0 Å². The Morgan fingerprint density at radius 2 is 2.05 bits per heavy atom. The van der Waals surface area contributed by atoms with E-state index in [9.17, 15) is 4.39 Å². The molecule has 1 aliphatic rings. The maximum atomic E-state index is 13.3. The van der Waals surface area contributed by atoms with Crippen molar-refractivity contribution in [2.45, 2.75) is 39.3 Å². The van der Waals surface area contributed by atoms with Gasteiger partial charge in [-0.25, -0.2) is 9.37 Å². The number of nitrogens with zero attached hydrogens (tertiary/aromatic N) is 1. The minimum absolute atomic E-state index is 0.307. The number of hydrogen-bond acceptors (Lipinski definition) is 3. The van der Waals surface area contributed by atoms with Crippen LogP contribution in [-0.4, -0.2) is 11.0 Å². The normalized spacial score (nSPS) is 14.2. The van der Waals surface area contributed by atoms with Crippen molar-refractivity contribution >= 4 is 0 Å². The molecule has 0 amide bonds. The zero-order valence-corrected chi connectivity index (χ0v) is 12.3. The van der Waals surface area contributed by atoms with E-state index in [1.54, 1.807) is 6.07 Å². The van der Waals surface area contributed by atoms with Gasteiger partial charge in [0.15, 0.2) is 0 Å². The van der Waals surface area contributed by atoms with Crippen molar-refractivity contribution < 1.29 is 9.13 Å². The number of halogens is 1. The minimum atomic E-state index is -0.307. The van der Waals surface area contributed by atoms with Crippen LogP contribution in [0.15, 0.2) is 30.3 Å². The third-order valence-electron chi connectivity index (χ3n) is 3.53. The van der Waals surface area contributed by atoms with Crippen LogP contribution < -0.4 is 10.1 Å². The van der Waals surface area contributed by atoms with Crippen LogP contribution in [0.1, 0.15) is 29.7 Å². The highest BCUT2D eigenvalue weighted by atomic mass is 19.1. The average molecular weight is 286 g/mol. The van der Waals surface area contributed by atoms with Gasteiger partial charge in [0.2, 0.25) is 5.88 Å². The number of hydrogen-bond donors (Lipinski definition) is 1. The van der Waals surface area contributed by atoms with E-state index >= 15 is 0 Å². The fourth-order valence-corrected chi connectivity index (χ4v) is 2.21. The molecule has 0 atom stereocenters. The second-order valence-corrected chi connectivity index (χ2v) is 5.62. The first-order valence-electron chi connectivity index (χ1n) is 7.25. The molecule has 0 saturated heterocycles. The summed E-state index contributed by atoms with van der Waals surface area (Å²) in [6.07, 6.45) is 2.52. The van der Waals surface area contributed by atoms with Crippen molar-refractivity contribution in [1.82, 2.24) is 10.3 Å². The molecule has 1 heterocycles. The molecule has 3 rings (SSSR count). The third-order valence-corrected chi connectivity index (χ3v) is 3.53. The van der Waals surface area contributed by atoms with Gasteiger partial charge in [0.05, 0.1) is 0 Å². The molecule has 1 aromatic heterocycles. The Labute approximate surface area is 124 Å². The Balaban J connectivity index is 1.78. The van der Waals surface area contributed by atoms with E-state index < -0.39 is 0 Å². The van der Waals surface area contributed by atoms with Gasteiger partial charge in [-0.15, -0.1) is 0 Å². The minimum Gasteiger partial charge on any atom is -0.439 e. The fraction of sp³-hybridized carbons (Fsp3) is 0.353. The smallest absolute Gasteiger partial charge is 0.219 e. The first-order valence-corrected chi connectivity index (χ1v) is 7.25. The molecule has 0 unspecified atom stereocenters. The second kappa shape index (κ2) is 5.82. The van der Waals surface area contributed by atoms with Gasteiger partial charge in [-0.1, -0.05) is 6.07 Å². The van der Waals surface area contributed by atoms with Crippen molar-refractivity contribution in [3.05, 3.63) is 53.0 Å². The summed E-state index contributed by atoms with van der Waals surface area (Å²) in [6, 6.07) is 9.13. The molecule has 4 heteroatoms. The number of benzene rings is 1. The molecule has 1 aliphatic carbocycles. The van der Waals surface area contributed by atoms with Crippen LogP contribution in [0.3, 0.4) is 0 Å². The molecule has 0 aliphatic heterocycles. The van der Waals surface area contributed by atoms with Crippen LogP contribution >= 0.6 is 0 Å². The molecule has 0 bridgehead atoms. The van der Waals surface area contributed by atoms with Crippen molar-refractivity contribution in [3.63, 3.8) is 0 Å². The molecule has 1 saturated carbocycles. The quantitative estimate of drug-likeness (QED) is 0.905. The average Bonchev–Trinajstić information content (AvgIpc) is 3.24. The van der Waals surface area contributed by atoms with Crippen LogP contribution in [0, 0.1) is 19.7 Å². The van der Waals surface area contributed by atoms with E-state index in [1.165, 1.54) is 25.0 Å². The monoisotopic (exact) mass is 286 g/mol. The van der Waals surface area contributed by atoms with E-state index in [0.717, 1.165) is 23.4 Å². The first-order chi connectivity index (χ1) is 10.1. The lowest BCUT2D eigenvalue weighted by Gasteiger charge is -2.11. The summed E-state index contributed by atoms with van der Waals surface area (Å²) in [7, 11) is 0. The molecule has 3 nitrogen and oxygen atoms in total. The van der Waals surface area contributed by atoms with Crippen molar-refractivity contribution in [1.29, 1.82) is 0 Å².